The summed E-state index contributed by atoms with van der Waals surface area (Å²) in [5, 5.41) is 16.9. The van der Waals surface area contributed by atoms with Gasteiger partial charge in [0.25, 0.3) is 0 Å². The molecule has 1 saturated carbocycles. The van der Waals surface area contributed by atoms with E-state index in [0.29, 0.717) is 22.6 Å². The minimum absolute atomic E-state index is 0.339. The first-order chi connectivity index (χ1) is 13.0. The zero-order valence-electron chi connectivity index (χ0n) is 15.3. The van der Waals surface area contributed by atoms with Crippen LogP contribution in [0.1, 0.15) is 50.2 Å². The third-order valence-electron chi connectivity index (χ3n) is 4.84. The van der Waals surface area contributed by atoms with E-state index in [-0.39, 0.29) is 0 Å². The van der Waals surface area contributed by atoms with Crippen molar-refractivity contribution in [2.24, 2.45) is 0 Å². The lowest BCUT2D eigenvalue weighted by molar-refractivity contribution is 0.599. The maximum absolute atomic E-state index is 6.47. The highest BCUT2D eigenvalue weighted by molar-refractivity contribution is 7.99. The van der Waals surface area contributed by atoms with Crippen molar-refractivity contribution in [3.8, 4) is 0 Å². The summed E-state index contributed by atoms with van der Waals surface area (Å²) in [6, 6.07) is 8.64. The summed E-state index contributed by atoms with van der Waals surface area (Å²) in [5.41, 5.74) is 2.44. The molecule has 1 aromatic carbocycles. The van der Waals surface area contributed by atoms with Crippen molar-refractivity contribution < 1.29 is 0 Å². The Morgan fingerprint density at radius 3 is 2.70 bits per heavy atom. The Bertz CT molecular complexity index is 1170. The van der Waals surface area contributed by atoms with Crippen LogP contribution >= 0.6 is 23.4 Å². The lowest BCUT2D eigenvalue weighted by Crippen LogP contribution is -2.05. The van der Waals surface area contributed by atoms with Gasteiger partial charge in [-0.1, -0.05) is 43.6 Å². The Balaban J connectivity index is 1.70. The van der Waals surface area contributed by atoms with Gasteiger partial charge in [-0.25, -0.2) is 9.50 Å². The van der Waals surface area contributed by atoms with Crippen LogP contribution in [0.15, 0.2) is 34.4 Å². The molecule has 0 saturated heterocycles. The van der Waals surface area contributed by atoms with Crippen LogP contribution in [0, 0.1) is 6.92 Å². The molecular formula is C19H19ClN6S. The summed E-state index contributed by atoms with van der Waals surface area (Å²) in [6.07, 6.45) is 2.37. The van der Waals surface area contributed by atoms with Gasteiger partial charge in [0, 0.05) is 17.3 Å². The first-order valence-corrected chi connectivity index (χ1v) is 10.3. The van der Waals surface area contributed by atoms with Crippen LogP contribution in [-0.2, 0) is 0 Å². The molecule has 4 aromatic rings. The number of rotatable bonds is 4. The summed E-state index contributed by atoms with van der Waals surface area (Å²) < 4.78 is 4.11. The topological polar surface area (TPSA) is 60.9 Å². The normalized spacial score (nSPS) is 14.7. The second-order valence-corrected chi connectivity index (χ2v) is 8.60. The SMILES string of the molecule is Cc1nn2c(nc(Sc3nnc(C(C)C)n3C3CC3)c3ccccc32)c1Cl. The lowest BCUT2D eigenvalue weighted by atomic mass is 10.2. The second-order valence-electron chi connectivity index (χ2n) is 7.27. The van der Waals surface area contributed by atoms with Gasteiger partial charge in [0.2, 0.25) is 0 Å². The predicted octanol–water partition coefficient (Wildman–Crippen LogP) is 5.05. The minimum atomic E-state index is 0.339. The van der Waals surface area contributed by atoms with E-state index in [1.807, 2.05) is 29.6 Å². The van der Waals surface area contributed by atoms with Crippen LogP contribution < -0.4 is 0 Å². The largest absolute Gasteiger partial charge is 0.302 e. The van der Waals surface area contributed by atoms with Gasteiger partial charge in [-0.3, -0.25) is 0 Å². The third kappa shape index (κ3) is 2.72. The standard InChI is InChI=1S/C19H19ClN6S/c1-10(2)16-22-23-19(25(16)12-8-9-12)27-18-13-6-4-5-7-14(13)26-17(21-18)15(20)11(3)24-26/h4-7,10,12H,8-9H2,1-3H3. The fourth-order valence-corrected chi connectivity index (χ4v) is 4.52. The Hall–Kier alpha value is -2.12. The highest BCUT2D eigenvalue weighted by Gasteiger charge is 2.31. The summed E-state index contributed by atoms with van der Waals surface area (Å²) in [7, 11) is 0. The number of benzene rings is 1. The van der Waals surface area contributed by atoms with Crippen LogP contribution in [0.5, 0.6) is 0 Å². The number of hydrogen-bond donors (Lipinski definition) is 0. The van der Waals surface area contributed by atoms with Gasteiger partial charge in [0.1, 0.15) is 15.9 Å². The van der Waals surface area contributed by atoms with Gasteiger partial charge in [0.05, 0.1) is 11.2 Å². The molecule has 138 valence electrons. The van der Waals surface area contributed by atoms with E-state index < -0.39 is 0 Å². The number of halogens is 1. The number of fused-ring (bicyclic) bond motifs is 3. The number of nitrogens with zero attached hydrogens (tertiary/aromatic N) is 6. The van der Waals surface area contributed by atoms with E-state index in [2.05, 4.69) is 39.8 Å². The first-order valence-electron chi connectivity index (χ1n) is 9.11. The molecule has 3 aromatic heterocycles. The molecule has 0 spiro atoms. The molecule has 8 heteroatoms. The highest BCUT2D eigenvalue weighted by Crippen LogP contribution is 2.42. The lowest BCUT2D eigenvalue weighted by Gasteiger charge is -2.11. The van der Waals surface area contributed by atoms with Crippen LogP contribution in [0.2, 0.25) is 5.02 Å². The van der Waals surface area contributed by atoms with Gasteiger partial charge in [-0.2, -0.15) is 5.10 Å². The zero-order chi connectivity index (χ0) is 18.7. The molecule has 3 heterocycles. The minimum Gasteiger partial charge on any atom is -0.302 e. The number of para-hydroxylation sites is 1. The van der Waals surface area contributed by atoms with Crippen molar-refractivity contribution >= 4 is 39.9 Å². The molecule has 0 bridgehead atoms. The number of aryl methyl sites for hydroxylation is 1. The molecule has 1 aliphatic rings. The fraction of sp³-hybridized carbons (Fsp3) is 0.368. The van der Waals surface area contributed by atoms with Crippen LogP contribution in [-0.4, -0.2) is 29.4 Å². The Kier molecular flexibility index (Phi) is 3.91. The maximum Gasteiger partial charge on any atom is 0.197 e. The summed E-state index contributed by atoms with van der Waals surface area (Å²) >= 11 is 8.03. The fourth-order valence-electron chi connectivity index (χ4n) is 3.35. The zero-order valence-corrected chi connectivity index (χ0v) is 16.9. The highest BCUT2D eigenvalue weighted by atomic mass is 35.5. The average molecular weight is 399 g/mol. The molecule has 6 nitrogen and oxygen atoms in total. The third-order valence-corrected chi connectivity index (χ3v) is 6.25. The van der Waals surface area contributed by atoms with E-state index in [4.69, 9.17) is 16.6 Å². The maximum atomic E-state index is 6.47. The molecular weight excluding hydrogens is 380 g/mol. The van der Waals surface area contributed by atoms with E-state index in [9.17, 15) is 0 Å². The van der Waals surface area contributed by atoms with Crippen LogP contribution in [0.3, 0.4) is 0 Å². The van der Waals surface area contributed by atoms with Crippen molar-refractivity contribution in [3.63, 3.8) is 0 Å². The molecule has 0 atom stereocenters. The van der Waals surface area contributed by atoms with Gasteiger partial charge in [-0.05, 0) is 37.6 Å². The molecule has 1 fully saturated rings. The van der Waals surface area contributed by atoms with Crippen molar-refractivity contribution in [1.82, 2.24) is 29.4 Å². The Labute approximate surface area is 165 Å². The molecule has 1 aliphatic carbocycles. The predicted molar refractivity (Wildman–Crippen MR) is 107 cm³/mol. The quantitative estimate of drug-likeness (QED) is 0.450. The van der Waals surface area contributed by atoms with E-state index >= 15 is 0 Å². The van der Waals surface area contributed by atoms with E-state index in [1.54, 1.807) is 11.8 Å². The van der Waals surface area contributed by atoms with Gasteiger partial charge in [0.15, 0.2) is 10.8 Å². The second kappa shape index (κ2) is 6.21. The van der Waals surface area contributed by atoms with Gasteiger partial charge >= 0.3 is 0 Å². The van der Waals surface area contributed by atoms with Gasteiger partial charge in [-0.15, -0.1) is 10.2 Å². The molecule has 5 rings (SSSR count). The summed E-state index contributed by atoms with van der Waals surface area (Å²) in [6.45, 7) is 6.22. The number of aromatic nitrogens is 6. The molecule has 0 amide bonds. The van der Waals surface area contributed by atoms with Crippen LogP contribution in [0.25, 0.3) is 16.6 Å². The van der Waals surface area contributed by atoms with Crippen molar-refractivity contribution in [1.29, 1.82) is 0 Å². The van der Waals surface area contributed by atoms with E-state index in [1.165, 1.54) is 12.8 Å². The smallest absolute Gasteiger partial charge is 0.197 e. The summed E-state index contributed by atoms with van der Waals surface area (Å²) in [4.78, 5) is 4.84. The monoisotopic (exact) mass is 398 g/mol. The summed E-state index contributed by atoms with van der Waals surface area (Å²) in [5.74, 6) is 1.38. The Morgan fingerprint density at radius 2 is 1.96 bits per heavy atom. The average Bonchev–Trinajstić information content (AvgIpc) is 3.35. The van der Waals surface area contributed by atoms with Crippen molar-refractivity contribution in [2.45, 2.75) is 55.8 Å². The van der Waals surface area contributed by atoms with Crippen LogP contribution in [0.4, 0.5) is 0 Å². The molecule has 0 radical (unpaired) electrons. The van der Waals surface area contributed by atoms with E-state index in [0.717, 1.165) is 32.6 Å². The molecule has 27 heavy (non-hydrogen) atoms. The van der Waals surface area contributed by atoms with Gasteiger partial charge < -0.3 is 4.57 Å². The molecule has 0 N–H and O–H groups in total. The first kappa shape index (κ1) is 17.0. The van der Waals surface area contributed by atoms with Crippen molar-refractivity contribution in [3.05, 3.63) is 40.8 Å². The Morgan fingerprint density at radius 1 is 1.19 bits per heavy atom. The van der Waals surface area contributed by atoms with Crippen molar-refractivity contribution in [2.75, 3.05) is 0 Å². The number of hydrogen-bond acceptors (Lipinski definition) is 5. The molecule has 0 unspecified atom stereocenters. The molecule has 0 aliphatic heterocycles.